The van der Waals surface area contributed by atoms with Crippen molar-refractivity contribution in [3.8, 4) is 22.6 Å². The average molecular weight is 803 g/mol. The standard InChI is InChI=1S/C56H42O2Si2/c57-55-49-37-21-19-23-41(49)39-51(59(43-25-7-1-8-26-43,44-27-9-2-10-28-44)45-29-11-3-12-30-45)53(55)54-52(40-42-24-20-22-38-50(42)56(54)58)60(46-31-13-4-14-32-46,47-33-15-5-16-34-47)48-35-17-6-18-36-48/h1-40,57-58H. The maximum Gasteiger partial charge on any atom is 0.180 e. The van der Waals surface area contributed by atoms with E-state index in [-0.39, 0.29) is 11.5 Å². The van der Waals surface area contributed by atoms with Crippen molar-refractivity contribution in [3.63, 3.8) is 0 Å². The number of phenolic OH excluding ortho intramolecular Hbond substituents is 2. The maximum atomic E-state index is 13.4. The Balaban J connectivity index is 1.49. The highest BCUT2D eigenvalue weighted by Gasteiger charge is 2.48. The predicted molar refractivity (Wildman–Crippen MR) is 257 cm³/mol. The summed E-state index contributed by atoms with van der Waals surface area (Å²) in [7, 11) is -6.68. The molecule has 2 N–H and O–H groups in total. The van der Waals surface area contributed by atoms with E-state index < -0.39 is 16.1 Å². The molecule has 4 heteroatoms. The van der Waals surface area contributed by atoms with Gasteiger partial charge in [0.05, 0.1) is 0 Å². The van der Waals surface area contributed by atoms with Gasteiger partial charge in [0.25, 0.3) is 0 Å². The summed E-state index contributed by atoms with van der Waals surface area (Å²) in [6, 6.07) is 85.8. The van der Waals surface area contributed by atoms with Gasteiger partial charge in [0, 0.05) is 21.9 Å². The van der Waals surface area contributed by atoms with Gasteiger partial charge >= 0.3 is 0 Å². The summed E-state index contributed by atoms with van der Waals surface area (Å²) in [5.41, 5.74) is 1.32. The van der Waals surface area contributed by atoms with Crippen molar-refractivity contribution >= 4 is 79.2 Å². The van der Waals surface area contributed by atoms with Crippen LogP contribution in [0.15, 0.2) is 243 Å². The van der Waals surface area contributed by atoms with E-state index >= 15 is 0 Å². The Morgan fingerprint density at radius 2 is 0.467 bits per heavy atom. The van der Waals surface area contributed by atoms with Gasteiger partial charge in [-0.05, 0) is 52.3 Å². The molecule has 2 nitrogen and oxygen atoms in total. The lowest BCUT2D eigenvalue weighted by atomic mass is 9.95. The minimum atomic E-state index is -3.34. The molecular formula is C56H42O2Si2. The van der Waals surface area contributed by atoms with E-state index in [0.29, 0.717) is 11.1 Å². The predicted octanol–water partition coefficient (Wildman–Crippen LogP) is 7.83. The highest BCUT2D eigenvalue weighted by atomic mass is 28.3. The zero-order valence-corrected chi connectivity index (χ0v) is 35.0. The maximum absolute atomic E-state index is 13.4. The summed E-state index contributed by atoms with van der Waals surface area (Å²) in [6.07, 6.45) is 0. The fourth-order valence-corrected chi connectivity index (χ4v) is 19.8. The van der Waals surface area contributed by atoms with Gasteiger partial charge in [0.1, 0.15) is 11.5 Å². The molecule has 0 aliphatic heterocycles. The summed E-state index contributed by atoms with van der Waals surface area (Å²) in [5, 5.41) is 39.3. The molecule has 0 heterocycles. The first-order chi connectivity index (χ1) is 29.6. The number of hydrogen-bond donors (Lipinski definition) is 2. The van der Waals surface area contributed by atoms with Crippen LogP contribution in [0.2, 0.25) is 0 Å². The molecule has 0 bridgehead atoms. The quantitative estimate of drug-likeness (QED) is 0.116. The SMILES string of the molecule is Oc1c(-c2c([Si](c3ccccc3)(c3ccccc3)c3ccccc3)cc3ccccc3c2O)c([Si](c2ccccc2)(c2ccccc2)c2ccccc2)cc2ccccc12. The van der Waals surface area contributed by atoms with Crippen molar-refractivity contribution in [1.29, 1.82) is 0 Å². The van der Waals surface area contributed by atoms with Gasteiger partial charge in [-0.3, -0.25) is 0 Å². The molecule has 0 atom stereocenters. The van der Waals surface area contributed by atoms with Crippen LogP contribution in [0.3, 0.4) is 0 Å². The zero-order chi connectivity index (χ0) is 40.5. The molecule has 0 saturated heterocycles. The van der Waals surface area contributed by atoms with Gasteiger partial charge in [-0.1, -0.05) is 243 Å². The van der Waals surface area contributed by atoms with Gasteiger partial charge in [-0.25, -0.2) is 0 Å². The Bertz CT molecular complexity index is 2680. The number of benzene rings is 10. The van der Waals surface area contributed by atoms with Gasteiger partial charge in [0.15, 0.2) is 16.1 Å². The lowest BCUT2D eigenvalue weighted by molar-refractivity contribution is 0.476. The van der Waals surface area contributed by atoms with Crippen molar-refractivity contribution in [1.82, 2.24) is 0 Å². The summed E-state index contributed by atoms with van der Waals surface area (Å²) < 4.78 is 0. The number of fused-ring (bicyclic) bond motifs is 2. The van der Waals surface area contributed by atoms with E-state index in [4.69, 9.17) is 0 Å². The monoisotopic (exact) mass is 802 g/mol. The van der Waals surface area contributed by atoms with E-state index in [2.05, 4.69) is 206 Å². The molecule has 286 valence electrons. The Hall–Kier alpha value is -7.25. The first kappa shape index (κ1) is 37.1. The summed E-state index contributed by atoms with van der Waals surface area (Å²) in [4.78, 5) is 0. The Morgan fingerprint density at radius 1 is 0.250 bits per heavy atom. The first-order valence-corrected chi connectivity index (χ1v) is 24.5. The lowest BCUT2D eigenvalue weighted by Gasteiger charge is -2.39. The fraction of sp³-hybridized carbons (Fsp3) is 0. The summed E-state index contributed by atoms with van der Waals surface area (Å²) >= 11 is 0. The van der Waals surface area contributed by atoms with Crippen LogP contribution in [-0.4, -0.2) is 26.4 Å². The fourth-order valence-electron chi connectivity index (χ4n) is 9.82. The third kappa shape index (κ3) is 5.83. The normalized spacial score (nSPS) is 11.8. The summed E-state index contributed by atoms with van der Waals surface area (Å²) in [5.74, 6) is 0.318. The number of hydrogen-bond acceptors (Lipinski definition) is 2. The third-order valence-corrected chi connectivity index (χ3v) is 21.9. The van der Waals surface area contributed by atoms with E-state index in [1.807, 2.05) is 36.4 Å². The van der Waals surface area contributed by atoms with Crippen molar-refractivity contribution in [2.24, 2.45) is 0 Å². The van der Waals surface area contributed by atoms with E-state index in [1.165, 1.54) is 31.1 Å². The van der Waals surface area contributed by atoms with Crippen molar-refractivity contribution in [2.45, 2.75) is 0 Å². The molecule has 0 fully saturated rings. The van der Waals surface area contributed by atoms with E-state index in [9.17, 15) is 10.2 Å². The molecule has 0 aromatic heterocycles. The molecule has 0 radical (unpaired) electrons. The Morgan fingerprint density at radius 3 is 0.717 bits per heavy atom. The molecule has 0 spiro atoms. The van der Waals surface area contributed by atoms with Crippen molar-refractivity contribution < 1.29 is 10.2 Å². The van der Waals surface area contributed by atoms with Crippen LogP contribution in [0, 0.1) is 0 Å². The molecule has 0 saturated carbocycles. The van der Waals surface area contributed by atoms with Crippen LogP contribution in [0.1, 0.15) is 0 Å². The van der Waals surface area contributed by atoms with Gasteiger partial charge < -0.3 is 10.2 Å². The Kier molecular flexibility index (Phi) is 9.57. The molecule has 10 aromatic carbocycles. The second-order valence-corrected chi connectivity index (χ2v) is 23.0. The molecule has 0 unspecified atom stereocenters. The Labute approximate surface area is 353 Å². The second kappa shape index (κ2) is 15.5. The van der Waals surface area contributed by atoms with E-state index in [0.717, 1.165) is 31.9 Å². The van der Waals surface area contributed by atoms with Crippen molar-refractivity contribution in [3.05, 3.63) is 243 Å². The average Bonchev–Trinajstić information content (AvgIpc) is 3.32. The van der Waals surface area contributed by atoms with Crippen LogP contribution >= 0.6 is 0 Å². The van der Waals surface area contributed by atoms with Crippen LogP contribution < -0.4 is 41.5 Å². The third-order valence-electron chi connectivity index (χ3n) is 12.3. The van der Waals surface area contributed by atoms with Crippen molar-refractivity contribution in [2.75, 3.05) is 0 Å². The summed E-state index contributed by atoms with van der Waals surface area (Å²) in [6.45, 7) is 0. The minimum absolute atomic E-state index is 0.159. The van der Waals surface area contributed by atoms with Crippen LogP contribution in [0.25, 0.3) is 32.7 Å². The van der Waals surface area contributed by atoms with Gasteiger partial charge in [0.2, 0.25) is 0 Å². The molecular weight excluding hydrogens is 761 g/mol. The second-order valence-electron chi connectivity index (χ2n) is 15.4. The number of rotatable bonds is 9. The molecule has 0 amide bonds. The molecule has 10 rings (SSSR count). The zero-order valence-electron chi connectivity index (χ0n) is 33.0. The van der Waals surface area contributed by atoms with E-state index in [1.54, 1.807) is 0 Å². The smallest absolute Gasteiger partial charge is 0.180 e. The van der Waals surface area contributed by atoms with Gasteiger partial charge in [-0.2, -0.15) is 0 Å². The molecule has 0 aliphatic rings. The molecule has 0 aliphatic carbocycles. The highest BCUT2D eigenvalue weighted by Crippen LogP contribution is 2.43. The highest BCUT2D eigenvalue weighted by molar-refractivity contribution is 7.22. The van der Waals surface area contributed by atoms with Crippen LogP contribution in [-0.2, 0) is 0 Å². The topological polar surface area (TPSA) is 40.5 Å². The van der Waals surface area contributed by atoms with Crippen LogP contribution in [0.5, 0.6) is 11.5 Å². The molecule has 10 aromatic rings. The lowest BCUT2D eigenvalue weighted by Crippen LogP contribution is -2.76. The van der Waals surface area contributed by atoms with Gasteiger partial charge in [-0.15, -0.1) is 0 Å². The van der Waals surface area contributed by atoms with Crippen LogP contribution in [0.4, 0.5) is 0 Å². The number of aromatic hydroxyl groups is 2. The molecule has 60 heavy (non-hydrogen) atoms. The number of phenols is 2. The first-order valence-electron chi connectivity index (χ1n) is 20.5. The largest absolute Gasteiger partial charge is 0.507 e. The minimum Gasteiger partial charge on any atom is -0.507 e.